The van der Waals surface area contributed by atoms with Crippen LogP contribution < -0.4 is 5.73 Å². The van der Waals surface area contributed by atoms with E-state index in [1.54, 1.807) is 0 Å². The largest absolute Gasteiger partial charge is 0.480 e. The van der Waals surface area contributed by atoms with Gasteiger partial charge in [-0.2, -0.15) is 0 Å². The van der Waals surface area contributed by atoms with Crippen molar-refractivity contribution in [1.82, 2.24) is 4.98 Å². The highest BCUT2D eigenvalue weighted by Crippen LogP contribution is 2.11. The van der Waals surface area contributed by atoms with E-state index in [1.807, 2.05) is 0 Å². The van der Waals surface area contributed by atoms with E-state index in [1.165, 1.54) is 18.3 Å². The number of hydrogen-bond donors (Lipinski definition) is 2. The van der Waals surface area contributed by atoms with Crippen LogP contribution in [0.4, 0.5) is 0 Å². The lowest BCUT2D eigenvalue weighted by Crippen LogP contribution is -2.20. The van der Waals surface area contributed by atoms with Crippen molar-refractivity contribution in [2.24, 2.45) is 5.73 Å². The molecule has 1 unspecified atom stereocenters. The molecule has 0 aliphatic carbocycles. The number of aliphatic carboxylic acids is 1. The van der Waals surface area contributed by atoms with Crippen LogP contribution in [0.25, 0.3) is 0 Å². The maximum absolute atomic E-state index is 10.4. The third-order valence-electron chi connectivity index (χ3n) is 1.38. The van der Waals surface area contributed by atoms with Gasteiger partial charge in [-0.25, -0.2) is 4.98 Å². The van der Waals surface area contributed by atoms with Gasteiger partial charge in [-0.3, -0.25) is 4.79 Å². The van der Waals surface area contributed by atoms with Crippen molar-refractivity contribution in [2.45, 2.75) is 6.04 Å². The Bertz CT molecular complexity index is 286. The van der Waals surface area contributed by atoms with Crippen molar-refractivity contribution in [3.63, 3.8) is 0 Å². The summed E-state index contributed by atoms with van der Waals surface area (Å²) in [5.41, 5.74) is 5.74. The van der Waals surface area contributed by atoms with Crippen molar-refractivity contribution in [3.8, 4) is 0 Å². The number of nitrogens with two attached hydrogens (primary N) is 1. The molecule has 0 saturated heterocycles. The van der Waals surface area contributed by atoms with Crippen LogP contribution in [0.3, 0.4) is 0 Å². The van der Waals surface area contributed by atoms with Crippen molar-refractivity contribution in [2.75, 3.05) is 0 Å². The van der Waals surface area contributed by atoms with Crippen LogP contribution in [0, 0.1) is 0 Å². The molecule has 0 aliphatic heterocycles. The van der Waals surface area contributed by atoms with E-state index in [9.17, 15) is 4.79 Å². The lowest BCUT2D eigenvalue weighted by atomic mass is 10.1. The van der Waals surface area contributed by atoms with Crippen LogP contribution in [-0.2, 0) is 4.79 Å². The second-order valence-corrected chi connectivity index (χ2v) is 2.62. The van der Waals surface area contributed by atoms with E-state index < -0.39 is 12.0 Å². The predicted octanol–water partition coefficient (Wildman–Crippen LogP) is 0.819. The fraction of sp³-hybridized carbons (Fsp3) is 0.143. The Hall–Kier alpha value is -1.13. The van der Waals surface area contributed by atoms with Crippen molar-refractivity contribution in [3.05, 3.63) is 29.0 Å². The monoisotopic (exact) mass is 186 g/mol. The first-order valence-electron chi connectivity index (χ1n) is 3.21. The van der Waals surface area contributed by atoms with Crippen molar-refractivity contribution >= 4 is 17.6 Å². The van der Waals surface area contributed by atoms with E-state index in [2.05, 4.69) is 4.98 Å². The minimum Gasteiger partial charge on any atom is -0.480 e. The number of carbonyl (C=O) groups is 1. The zero-order valence-electron chi connectivity index (χ0n) is 6.07. The molecular formula is C7H7ClN2O2. The van der Waals surface area contributed by atoms with Gasteiger partial charge in [0.05, 0.1) is 0 Å². The molecule has 1 heterocycles. The second-order valence-electron chi connectivity index (χ2n) is 2.23. The highest BCUT2D eigenvalue weighted by atomic mass is 35.5. The van der Waals surface area contributed by atoms with Gasteiger partial charge in [0.15, 0.2) is 0 Å². The van der Waals surface area contributed by atoms with Crippen LogP contribution in [-0.4, -0.2) is 16.1 Å². The Kier molecular flexibility index (Phi) is 2.62. The number of carboxylic acids is 1. The Balaban J connectivity index is 2.89. The quantitative estimate of drug-likeness (QED) is 0.671. The molecule has 1 atom stereocenters. The third-order valence-corrected chi connectivity index (χ3v) is 1.60. The summed E-state index contributed by atoms with van der Waals surface area (Å²) < 4.78 is 0. The maximum Gasteiger partial charge on any atom is 0.325 e. The average Bonchev–Trinajstić information content (AvgIpc) is 2.04. The zero-order chi connectivity index (χ0) is 9.14. The molecular weight excluding hydrogens is 180 g/mol. The third kappa shape index (κ3) is 1.93. The van der Waals surface area contributed by atoms with E-state index in [-0.39, 0.29) is 0 Å². The Morgan fingerprint density at radius 3 is 2.75 bits per heavy atom. The number of pyridine rings is 1. The highest BCUT2D eigenvalue weighted by Gasteiger charge is 2.13. The minimum atomic E-state index is -1.08. The van der Waals surface area contributed by atoms with Crippen LogP contribution >= 0.6 is 11.6 Å². The number of aromatic nitrogens is 1. The molecule has 0 radical (unpaired) electrons. The average molecular weight is 187 g/mol. The standard InChI is InChI=1S/C7H7ClN2O2/c8-5-2-1-4(3-10-5)6(9)7(11)12/h1-3,6H,9H2,(H,11,12). The summed E-state index contributed by atoms with van der Waals surface area (Å²) in [4.78, 5) is 14.1. The number of halogens is 1. The zero-order valence-corrected chi connectivity index (χ0v) is 6.82. The molecule has 0 saturated carbocycles. The van der Waals surface area contributed by atoms with E-state index >= 15 is 0 Å². The molecule has 0 aromatic carbocycles. The fourth-order valence-corrected chi connectivity index (χ4v) is 0.826. The van der Waals surface area contributed by atoms with Gasteiger partial charge < -0.3 is 10.8 Å². The van der Waals surface area contributed by atoms with Crippen LogP contribution in [0.15, 0.2) is 18.3 Å². The molecule has 12 heavy (non-hydrogen) atoms. The summed E-state index contributed by atoms with van der Waals surface area (Å²) in [7, 11) is 0. The molecule has 5 heteroatoms. The van der Waals surface area contributed by atoms with Crippen LogP contribution in [0.1, 0.15) is 11.6 Å². The molecule has 0 fully saturated rings. The van der Waals surface area contributed by atoms with Gasteiger partial charge in [0.25, 0.3) is 0 Å². The molecule has 1 rings (SSSR count). The summed E-state index contributed by atoms with van der Waals surface area (Å²) in [6, 6.07) is 2.00. The molecule has 0 spiro atoms. The molecule has 0 aliphatic rings. The van der Waals surface area contributed by atoms with Gasteiger partial charge in [-0.15, -0.1) is 0 Å². The molecule has 0 amide bonds. The Labute approximate surface area is 74.0 Å². The second kappa shape index (κ2) is 3.51. The van der Waals surface area contributed by atoms with E-state index in [4.69, 9.17) is 22.4 Å². The lowest BCUT2D eigenvalue weighted by Gasteiger charge is -2.04. The Morgan fingerprint density at radius 2 is 2.33 bits per heavy atom. The summed E-state index contributed by atoms with van der Waals surface area (Å²) >= 11 is 5.50. The molecule has 1 aromatic rings. The van der Waals surface area contributed by atoms with Gasteiger partial charge in [0.1, 0.15) is 11.2 Å². The minimum absolute atomic E-state index is 0.316. The first-order chi connectivity index (χ1) is 5.61. The van der Waals surface area contributed by atoms with Crippen LogP contribution in [0.2, 0.25) is 5.15 Å². The van der Waals surface area contributed by atoms with Crippen molar-refractivity contribution < 1.29 is 9.90 Å². The summed E-state index contributed by atoms with van der Waals surface area (Å²) in [5.74, 6) is -1.08. The van der Waals surface area contributed by atoms with Gasteiger partial charge in [-0.05, 0) is 11.6 Å². The lowest BCUT2D eigenvalue weighted by molar-refractivity contribution is -0.138. The first-order valence-corrected chi connectivity index (χ1v) is 3.59. The maximum atomic E-state index is 10.4. The summed E-state index contributed by atoms with van der Waals surface area (Å²) in [5, 5.41) is 8.84. The number of rotatable bonds is 2. The van der Waals surface area contributed by atoms with Gasteiger partial charge >= 0.3 is 5.97 Å². The normalized spacial score (nSPS) is 12.5. The van der Waals surface area contributed by atoms with E-state index in [0.717, 1.165) is 0 Å². The van der Waals surface area contributed by atoms with Gasteiger partial charge in [-0.1, -0.05) is 17.7 Å². The summed E-state index contributed by atoms with van der Waals surface area (Å²) in [6.07, 6.45) is 1.35. The SMILES string of the molecule is NC(C(=O)O)c1ccc(Cl)nc1. The number of carboxylic acid groups (broad SMARTS) is 1. The number of nitrogens with zero attached hydrogens (tertiary/aromatic N) is 1. The van der Waals surface area contributed by atoms with Gasteiger partial charge in [0.2, 0.25) is 0 Å². The highest BCUT2D eigenvalue weighted by molar-refractivity contribution is 6.29. The van der Waals surface area contributed by atoms with Gasteiger partial charge in [0, 0.05) is 6.20 Å². The smallest absolute Gasteiger partial charge is 0.325 e. The summed E-state index contributed by atoms with van der Waals surface area (Å²) in [6.45, 7) is 0. The molecule has 3 N–H and O–H groups in total. The van der Waals surface area contributed by atoms with Crippen molar-refractivity contribution in [1.29, 1.82) is 0 Å². The molecule has 1 aromatic heterocycles. The van der Waals surface area contributed by atoms with E-state index in [0.29, 0.717) is 10.7 Å². The molecule has 4 nitrogen and oxygen atoms in total. The first kappa shape index (κ1) is 8.96. The molecule has 0 bridgehead atoms. The fourth-order valence-electron chi connectivity index (χ4n) is 0.714. The molecule has 64 valence electrons. The Morgan fingerprint density at radius 1 is 1.67 bits per heavy atom. The number of hydrogen-bond acceptors (Lipinski definition) is 3. The topological polar surface area (TPSA) is 76.2 Å². The predicted molar refractivity (Wildman–Crippen MR) is 43.8 cm³/mol. The van der Waals surface area contributed by atoms with Crippen LogP contribution in [0.5, 0.6) is 0 Å².